The summed E-state index contributed by atoms with van der Waals surface area (Å²) >= 11 is 5.65. The zero-order chi connectivity index (χ0) is 6.69. The first kappa shape index (κ1) is 7.32. The molecule has 0 aromatic carbocycles. The number of hydrogen-bond donors (Lipinski definition) is 0. The van der Waals surface area contributed by atoms with Crippen molar-refractivity contribution < 1.29 is 4.74 Å². The van der Waals surface area contributed by atoms with Crippen molar-refractivity contribution >= 4 is 11.6 Å². The van der Waals surface area contributed by atoms with Crippen molar-refractivity contribution in [1.29, 1.82) is 0 Å². The maximum Gasteiger partial charge on any atom is 0.0634 e. The van der Waals surface area contributed by atoms with Gasteiger partial charge in [-0.15, -0.1) is 11.6 Å². The van der Waals surface area contributed by atoms with Gasteiger partial charge in [0.25, 0.3) is 0 Å². The topological polar surface area (TPSA) is 12.5 Å². The number of hydrogen-bond acceptors (Lipinski definition) is 2. The largest absolute Gasteiger partial charge is 0.378 e. The van der Waals surface area contributed by atoms with Gasteiger partial charge in [0.05, 0.1) is 13.2 Å². The van der Waals surface area contributed by atoms with Crippen molar-refractivity contribution in [3.8, 4) is 0 Å². The van der Waals surface area contributed by atoms with Gasteiger partial charge in [0, 0.05) is 18.5 Å². The van der Waals surface area contributed by atoms with Crippen molar-refractivity contribution in [3.05, 3.63) is 0 Å². The molecule has 1 aliphatic heterocycles. The summed E-state index contributed by atoms with van der Waals surface area (Å²) in [5, 5.41) is 0. The molecule has 9 heavy (non-hydrogen) atoms. The molecule has 0 amide bonds. The molecule has 3 heteroatoms. The average Bonchev–Trinajstić information content (AvgIpc) is 1.89. The van der Waals surface area contributed by atoms with Crippen LogP contribution >= 0.6 is 11.6 Å². The van der Waals surface area contributed by atoms with Crippen molar-refractivity contribution in [3.63, 3.8) is 0 Å². The molecule has 1 aliphatic rings. The zero-order valence-corrected chi connectivity index (χ0v) is 6.40. The molecule has 1 saturated heterocycles. The van der Waals surface area contributed by atoms with Crippen LogP contribution in [0.3, 0.4) is 0 Å². The Hall–Kier alpha value is 0.210. The van der Waals surface area contributed by atoms with E-state index in [0.717, 1.165) is 19.8 Å². The van der Waals surface area contributed by atoms with Crippen LogP contribution in [-0.2, 0) is 4.74 Å². The number of rotatable bonds is 1. The van der Waals surface area contributed by atoms with E-state index in [2.05, 4.69) is 11.9 Å². The van der Waals surface area contributed by atoms with E-state index in [9.17, 15) is 0 Å². The Morgan fingerprint density at radius 3 is 3.00 bits per heavy atom. The van der Waals surface area contributed by atoms with E-state index in [1.165, 1.54) is 0 Å². The summed E-state index contributed by atoms with van der Waals surface area (Å²) in [6, 6.07) is 0.431. The van der Waals surface area contributed by atoms with Crippen molar-refractivity contribution in [2.24, 2.45) is 0 Å². The lowest BCUT2D eigenvalue weighted by Gasteiger charge is -2.30. The molecule has 0 bridgehead atoms. The van der Waals surface area contributed by atoms with Crippen LogP contribution in [0.4, 0.5) is 0 Å². The van der Waals surface area contributed by atoms with Crippen LogP contribution in [0.2, 0.25) is 0 Å². The van der Waals surface area contributed by atoms with Crippen LogP contribution in [0.25, 0.3) is 0 Å². The Bertz CT molecular complexity index is 89.1. The smallest absolute Gasteiger partial charge is 0.0634 e. The van der Waals surface area contributed by atoms with E-state index < -0.39 is 0 Å². The molecule has 1 unspecified atom stereocenters. The number of morpholine rings is 1. The molecular weight excluding hydrogens is 138 g/mol. The third kappa shape index (κ3) is 1.81. The fraction of sp³-hybridized carbons (Fsp3) is 1.00. The number of nitrogens with zero attached hydrogens (tertiary/aromatic N) is 1. The van der Waals surface area contributed by atoms with Crippen LogP contribution < -0.4 is 0 Å². The Labute approximate surface area is 60.7 Å². The third-order valence-corrected chi connectivity index (χ3v) is 2.06. The Kier molecular flexibility index (Phi) is 2.76. The first-order chi connectivity index (χ1) is 4.34. The summed E-state index contributed by atoms with van der Waals surface area (Å²) in [5.41, 5.74) is 0. The van der Waals surface area contributed by atoms with Gasteiger partial charge in [-0.1, -0.05) is 0 Å². The number of ether oxygens (including phenoxy) is 1. The summed E-state index contributed by atoms with van der Waals surface area (Å²) < 4.78 is 5.22. The normalized spacial score (nSPS) is 30.7. The lowest BCUT2D eigenvalue weighted by Crippen LogP contribution is -2.43. The minimum absolute atomic E-state index is 0.431. The number of halogens is 1. The SMILES string of the molecule is CN1CCOCC1CCl. The third-order valence-electron chi connectivity index (χ3n) is 1.70. The van der Waals surface area contributed by atoms with E-state index >= 15 is 0 Å². The second kappa shape index (κ2) is 3.40. The van der Waals surface area contributed by atoms with Gasteiger partial charge in [-0.3, -0.25) is 4.90 Å². The average molecular weight is 150 g/mol. The van der Waals surface area contributed by atoms with Gasteiger partial charge in [-0.25, -0.2) is 0 Å². The molecule has 1 rings (SSSR count). The molecule has 1 fully saturated rings. The van der Waals surface area contributed by atoms with Gasteiger partial charge in [0.1, 0.15) is 0 Å². The van der Waals surface area contributed by atoms with Crippen LogP contribution in [0.1, 0.15) is 0 Å². The van der Waals surface area contributed by atoms with E-state index in [1.54, 1.807) is 0 Å². The highest BCUT2D eigenvalue weighted by Gasteiger charge is 2.17. The Morgan fingerprint density at radius 2 is 2.56 bits per heavy atom. The molecular formula is C6H12ClNO. The molecule has 1 heterocycles. The summed E-state index contributed by atoms with van der Waals surface area (Å²) in [6.07, 6.45) is 0. The molecule has 0 aliphatic carbocycles. The Balaban J connectivity index is 2.30. The van der Waals surface area contributed by atoms with Crippen LogP contribution in [0.5, 0.6) is 0 Å². The van der Waals surface area contributed by atoms with Gasteiger partial charge in [0.2, 0.25) is 0 Å². The predicted molar refractivity (Wildman–Crippen MR) is 38.0 cm³/mol. The fourth-order valence-corrected chi connectivity index (χ4v) is 1.22. The minimum atomic E-state index is 0.431. The summed E-state index contributed by atoms with van der Waals surface area (Å²) in [5.74, 6) is 0.677. The highest BCUT2D eigenvalue weighted by molar-refractivity contribution is 6.18. The Morgan fingerprint density at radius 1 is 1.78 bits per heavy atom. The second-order valence-electron chi connectivity index (χ2n) is 2.36. The molecule has 0 radical (unpaired) electrons. The molecule has 0 saturated carbocycles. The van der Waals surface area contributed by atoms with E-state index in [4.69, 9.17) is 16.3 Å². The molecule has 54 valence electrons. The molecule has 2 nitrogen and oxygen atoms in total. The summed E-state index contributed by atoms with van der Waals surface area (Å²) in [6.45, 7) is 2.65. The fourth-order valence-electron chi connectivity index (χ4n) is 0.900. The zero-order valence-electron chi connectivity index (χ0n) is 5.64. The van der Waals surface area contributed by atoms with Crippen LogP contribution in [-0.4, -0.2) is 43.6 Å². The maximum atomic E-state index is 5.65. The van der Waals surface area contributed by atoms with Crippen LogP contribution in [0, 0.1) is 0 Å². The van der Waals surface area contributed by atoms with Gasteiger partial charge in [-0.2, -0.15) is 0 Å². The first-order valence-corrected chi connectivity index (χ1v) is 3.72. The molecule has 0 aromatic rings. The van der Waals surface area contributed by atoms with Crippen molar-refractivity contribution in [1.82, 2.24) is 4.90 Å². The molecule has 1 atom stereocenters. The second-order valence-corrected chi connectivity index (χ2v) is 2.67. The number of likely N-dealkylation sites (N-methyl/N-ethyl adjacent to an activating group) is 1. The van der Waals surface area contributed by atoms with E-state index in [-0.39, 0.29) is 0 Å². The van der Waals surface area contributed by atoms with Gasteiger partial charge < -0.3 is 4.74 Å². The van der Waals surface area contributed by atoms with Crippen molar-refractivity contribution in [2.45, 2.75) is 6.04 Å². The lowest BCUT2D eigenvalue weighted by molar-refractivity contribution is 0.0144. The van der Waals surface area contributed by atoms with Crippen molar-refractivity contribution in [2.75, 3.05) is 32.7 Å². The molecule has 0 N–H and O–H groups in total. The maximum absolute atomic E-state index is 5.65. The molecule has 0 spiro atoms. The standard InChI is InChI=1S/C6H12ClNO/c1-8-2-3-9-5-6(8)4-7/h6H,2-5H2,1H3. The summed E-state index contributed by atoms with van der Waals surface area (Å²) in [7, 11) is 2.08. The minimum Gasteiger partial charge on any atom is -0.378 e. The van der Waals surface area contributed by atoms with Crippen LogP contribution in [0.15, 0.2) is 0 Å². The van der Waals surface area contributed by atoms with Gasteiger partial charge in [-0.05, 0) is 7.05 Å². The first-order valence-electron chi connectivity index (χ1n) is 3.18. The predicted octanol–water partition coefficient (Wildman–Crippen LogP) is 0.556. The monoisotopic (exact) mass is 149 g/mol. The summed E-state index contributed by atoms with van der Waals surface area (Å²) in [4.78, 5) is 2.23. The molecule has 0 aromatic heterocycles. The lowest BCUT2D eigenvalue weighted by atomic mass is 10.3. The quantitative estimate of drug-likeness (QED) is 0.505. The number of alkyl halides is 1. The van der Waals surface area contributed by atoms with Gasteiger partial charge in [0.15, 0.2) is 0 Å². The highest BCUT2D eigenvalue weighted by atomic mass is 35.5. The van der Waals surface area contributed by atoms with E-state index in [1.807, 2.05) is 0 Å². The highest BCUT2D eigenvalue weighted by Crippen LogP contribution is 2.04. The van der Waals surface area contributed by atoms with E-state index in [0.29, 0.717) is 11.9 Å². The van der Waals surface area contributed by atoms with Gasteiger partial charge >= 0.3 is 0 Å².